The SMILES string of the molecule is CC(F)(F)Oc1ccc(-c2ccc(-c3c(N)c(N)c(-c4ccc(-c5ccc(OC(C)(F)F)cc5)s4)c4nonc34)s2)cc1. The fourth-order valence-corrected chi connectivity index (χ4v) is 6.73. The molecule has 7 nitrogen and oxygen atoms in total. The van der Waals surface area contributed by atoms with Crippen LogP contribution in [0.1, 0.15) is 13.8 Å². The van der Waals surface area contributed by atoms with Gasteiger partial charge in [0, 0.05) is 44.5 Å². The number of nitrogens with two attached hydrogens (primary N) is 2. The molecule has 4 N–H and O–H groups in total. The average molecular weight is 627 g/mol. The number of alkyl halides is 4. The summed E-state index contributed by atoms with van der Waals surface area (Å²) >= 11 is 2.84. The van der Waals surface area contributed by atoms with E-state index in [2.05, 4.69) is 19.8 Å². The number of aromatic nitrogens is 2. The first kappa shape index (κ1) is 28.5. The van der Waals surface area contributed by atoms with E-state index in [1.165, 1.54) is 46.9 Å². The van der Waals surface area contributed by atoms with Crippen LogP contribution in [0.2, 0.25) is 0 Å². The standard InChI is InChI=1S/C30H22F4N4O3S2/c1-29(31,32)39-17-7-3-15(4-8-17)19-11-13-21(42-19)23-25(35)26(36)24(28-27(23)37-41-38-28)22-14-12-20(43-22)16-5-9-18(10-6-16)40-30(2,33)34/h3-14H,35-36H2,1-2H3. The number of rotatable bonds is 8. The highest BCUT2D eigenvalue weighted by molar-refractivity contribution is 7.19. The quantitative estimate of drug-likeness (QED) is 0.128. The van der Waals surface area contributed by atoms with Crippen LogP contribution in [-0.4, -0.2) is 22.5 Å². The van der Waals surface area contributed by atoms with E-state index < -0.39 is 12.2 Å². The monoisotopic (exact) mass is 626 g/mol. The molecule has 13 heteroatoms. The first-order chi connectivity index (χ1) is 20.4. The topological polar surface area (TPSA) is 109 Å². The number of thiophene rings is 2. The van der Waals surface area contributed by atoms with Crippen LogP contribution in [0.15, 0.2) is 77.4 Å². The van der Waals surface area contributed by atoms with Gasteiger partial charge in [0.15, 0.2) is 0 Å². The maximum atomic E-state index is 13.2. The summed E-state index contributed by atoms with van der Waals surface area (Å²) in [6.07, 6.45) is -6.55. The zero-order valence-electron chi connectivity index (χ0n) is 22.5. The van der Waals surface area contributed by atoms with Crippen molar-refractivity contribution in [3.63, 3.8) is 0 Å². The van der Waals surface area contributed by atoms with Gasteiger partial charge < -0.3 is 20.9 Å². The molecule has 0 saturated carbocycles. The lowest BCUT2D eigenvalue weighted by Crippen LogP contribution is -2.18. The van der Waals surface area contributed by atoms with E-state index in [1.54, 1.807) is 24.3 Å². The molecule has 3 aromatic carbocycles. The molecule has 0 aliphatic heterocycles. The maximum Gasteiger partial charge on any atom is 0.394 e. The van der Waals surface area contributed by atoms with Gasteiger partial charge in [-0.2, -0.15) is 17.6 Å². The molecular formula is C30H22F4N4O3S2. The third-order valence-electron chi connectivity index (χ3n) is 6.37. The summed E-state index contributed by atoms with van der Waals surface area (Å²) in [6, 6.07) is 20.2. The van der Waals surface area contributed by atoms with Crippen LogP contribution in [0.5, 0.6) is 11.5 Å². The Balaban J connectivity index is 1.33. The minimum absolute atomic E-state index is 0.0555. The number of benzene rings is 3. The van der Waals surface area contributed by atoms with Crippen molar-refractivity contribution in [3.05, 3.63) is 72.8 Å². The molecule has 3 heterocycles. The summed E-state index contributed by atoms with van der Waals surface area (Å²) in [5, 5.41) is 8.28. The van der Waals surface area contributed by atoms with Crippen LogP contribution in [0, 0.1) is 0 Å². The molecule has 6 rings (SSSR count). The van der Waals surface area contributed by atoms with Gasteiger partial charge in [0.05, 0.1) is 11.4 Å². The van der Waals surface area contributed by atoms with Crippen molar-refractivity contribution in [2.75, 3.05) is 11.5 Å². The zero-order valence-corrected chi connectivity index (χ0v) is 24.2. The molecule has 3 aromatic heterocycles. The number of nitrogens with zero attached hydrogens (tertiary/aromatic N) is 2. The predicted octanol–water partition coefficient (Wildman–Crippen LogP) is 9.16. The van der Waals surface area contributed by atoms with E-state index in [9.17, 15) is 17.6 Å². The smallest absolute Gasteiger partial charge is 0.394 e. The number of hydrogen-bond donors (Lipinski definition) is 2. The third kappa shape index (κ3) is 5.86. The number of ether oxygens (including phenoxy) is 2. The lowest BCUT2D eigenvalue weighted by molar-refractivity contribution is -0.159. The molecule has 0 amide bonds. The van der Waals surface area contributed by atoms with Gasteiger partial charge in [0.25, 0.3) is 0 Å². The van der Waals surface area contributed by atoms with Crippen molar-refractivity contribution in [2.24, 2.45) is 0 Å². The maximum absolute atomic E-state index is 13.2. The molecule has 0 aliphatic carbocycles. The fraction of sp³-hybridized carbons (Fsp3) is 0.133. The van der Waals surface area contributed by atoms with Crippen molar-refractivity contribution in [3.8, 4) is 53.3 Å². The van der Waals surface area contributed by atoms with E-state index in [-0.39, 0.29) is 11.5 Å². The normalized spacial score (nSPS) is 12.1. The molecule has 220 valence electrons. The highest BCUT2D eigenvalue weighted by Crippen LogP contribution is 2.49. The predicted molar refractivity (Wildman–Crippen MR) is 161 cm³/mol. The second-order valence-electron chi connectivity index (χ2n) is 9.74. The lowest BCUT2D eigenvalue weighted by Gasteiger charge is -2.13. The first-order valence-corrected chi connectivity index (χ1v) is 14.4. The summed E-state index contributed by atoms with van der Waals surface area (Å²) in [6.45, 7) is 1.36. The molecule has 0 saturated heterocycles. The lowest BCUT2D eigenvalue weighted by atomic mass is 10.0. The summed E-state index contributed by atoms with van der Waals surface area (Å²) in [7, 11) is 0. The van der Waals surface area contributed by atoms with Gasteiger partial charge >= 0.3 is 12.2 Å². The highest BCUT2D eigenvalue weighted by atomic mass is 32.1. The largest absolute Gasteiger partial charge is 0.433 e. The van der Waals surface area contributed by atoms with E-state index in [0.717, 1.165) is 30.6 Å². The molecule has 43 heavy (non-hydrogen) atoms. The fourth-order valence-electron chi connectivity index (χ4n) is 4.58. The van der Waals surface area contributed by atoms with Gasteiger partial charge in [-0.1, -0.05) is 0 Å². The van der Waals surface area contributed by atoms with Gasteiger partial charge in [-0.3, -0.25) is 0 Å². The van der Waals surface area contributed by atoms with Crippen LogP contribution in [0.4, 0.5) is 28.9 Å². The van der Waals surface area contributed by atoms with Crippen LogP contribution in [0.3, 0.4) is 0 Å². The Hall–Kier alpha value is -4.62. The van der Waals surface area contributed by atoms with Crippen molar-refractivity contribution < 1.29 is 31.7 Å². The Kier molecular flexibility index (Phi) is 7.01. The van der Waals surface area contributed by atoms with Gasteiger partial charge in [-0.15, -0.1) is 22.7 Å². The highest BCUT2D eigenvalue weighted by Gasteiger charge is 2.26. The summed E-state index contributed by atoms with van der Waals surface area (Å²) < 4.78 is 67.1. The van der Waals surface area contributed by atoms with Gasteiger partial charge in [-0.05, 0) is 94.2 Å². The molecule has 0 bridgehead atoms. The van der Waals surface area contributed by atoms with E-state index in [1.807, 2.05) is 24.3 Å². The molecule has 6 aromatic rings. The van der Waals surface area contributed by atoms with E-state index >= 15 is 0 Å². The molecule has 0 fully saturated rings. The Labute approximate surface area is 250 Å². The molecule has 0 radical (unpaired) electrons. The number of hydrogen-bond acceptors (Lipinski definition) is 9. The van der Waals surface area contributed by atoms with Crippen LogP contribution < -0.4 is 20.9 Å². The molecule has 0 atom stereocenters. The molecule has 0 spiro atoms. The second-order valence-corrected chi connectivity index (χ2v) is 11.9. The van der Waals surface area contributed by atoms with Crippen LogP contribution >= 0.6 is 22.7 Å². The zero-order chi connectivity index (χ0) is 30.5. The van der Waals surface area contributed by atoms with Crippen molar-refractivity contribution in [1.29, 1.82) is 0 Å². The van der Waals surface area contributed by atoms with Crippen molar-refractivity contribution >= 4 is 45.1 Å². The molecule has 0 unspecified atom stereocenters. The second kappa shape index (κ2) is 10.6. The Morgan fingerprint density at radius 3 is 1.28 bits per heavy atom. The molecule has 0 aliphatic rings. The van der Waals surface area contributed by atoms with Gasteiger partial charge in [-0.25, -0.2) is 4.63 Å². The van der Waals surface area contributed by atoms with Crippen LogP contribution in [0.25, 0.3) is 52.8 Å². The Bertz CT molecular complexity index is 1780. The van der Waals surface area contributed by atoms with E-state index in [4.69, 9.17) is 16.1 Å². The van der Waals surface area contributed by atoms with Gasteiger partial charge in [0.1, 0.15) is 22.5 Å². The summed E-state index contributed by atoms with van der Waals surface area (Å²) in [5.74, 6) is 0.111. The minimum atomic E-state index is -3.28. The number of halogens is 4. The number of fused-ring (bicyclic) bond motifs is 1. The third-order valence-corrected chi connectivity index (χ3v) is 8.67. The van der Waals surface area contributed by atoms with E-state index in [0.29, 0.717) is 47.4 Å². The summed E-state index contributed by atoms with van der Waals surface area (Å²) in [5.41, 5.74) is 17.4. The van der Waals surface area contributed by atoms with Crippen LogP contribution in [-0.2, 0) is 0 Å². The summed E-state index contributed by atoms with van der Waals surface area (Å²) in [4.78, 5) is 3.24. The average Bonchev–Trinajstić information content (AvgIpc) is 3.70. The van der Waals surface area contributed by atoms with Crippen molar-refractivity contribution in [2.45, 2.75) is 26.1 Å². The first-order valence-electron chi connectivity index (χ1n) is 12.7. The van der Waals surface area contributed by atoms with Gasteiger partial charge in [0.2, 0.25) is 0 Å². The number of anilines is 2. The molecular weight excluding hydrogens is 604 g/mol. The Morgan fingerprint density at radius 1 is 0.581 bits per heavy atom. The minimum Gasteiger partial charge on any atom is -0.433 e. The Morgan fingerprint density at radius 2 is 0.930 bits per heavy atom. The van der Waals surface area contributed by atoms with Crippen molar-refractivity contribution in [1.82, 2.24) is 10.3 Å². The number of nitrogen functional groups attached to an aromatic ring is 2.